The van der Waals surface area contributed by atoms with Crippen molar-refractivity contribution in [1.82, 2.24) is 8.80 Å². The molecule has 4 heteroatoms. The summed E-state index contributed by atoms with van der Waals surface area (Å²) in [4.78, 5) is 2.40. The molecule has 0 aliphatic carbocycles. The summed E-state index contributed by atoms with van der Waals surface area (Å²) in [5, 5.41) is 7.30. The van der Waals surface area contributed by atoms with Gasteiger partial charge < -0.3 is 18.1 Å². The van der Waals surface area contributed by atoms with Gasteiger partial charge in [-0.1, -0.05) is 133 Å². The first-order chi connectivity index (χ1) is 28.8. The van der Waals surface area contributed by atoms with E-state index >= 15 is 0 Å². The molecule has 0 aliphatic heterocycles. The van der Waals surface area contributed by atoms with Crippen molar-refractivity contribution in [2.75, 3.05) is 4.90 Å². The molecule has 58 heavy (non-hydrogen) atoms. The molecule has 13 aromatic rings. The predicted molar refractivity (Wildman–Crippen MR) is 242 cm³/mol. The third kappa shape index (κ3) is 4.34. The number of benzene rings is 9. The summed E-state index contributed by atoms with van der Waals surface area (Å²) in [7, 11) is 0. The zero-order chi connectivity index (χ0) is 37.9. The Morgan fingerprint density at radius 1 is 0.328 bits per heavy atom. The van der Waals surface area contributed by atoms with Crippen molar-refractivity contribution in [3.8, 4) is 22.3 Å². The number of hydrogen-bond acceptors (Lipinski definition) is 2. The summed E-state index contributed by atoms with van der Waals surface area (Å²) in [6, 6.07) is 72.5. The van der Waals surface area contributed by atoms with Crippen molar-refractivity contribution in [2.45, 2.75) is 0 Å². The molecule has 0 amide bonds. The van der Waals surface area contributed by atoms with Gasteiger partial charge in [-0.25, -0.2) is 0 Å². The van der Waals surface area contributed by atoms with E-state index in [1.807, 2.05) is 12.1 Å². The van der Waals surface area contributed by atoms with Crippen LogP contribution in [-0.4, -0.2) is 8.80 Å². The SMILES string of the molecule is c1ccc(-c2ccc(N(c3ccc4oc5ccccc5c4c3)c3ccccc3-c3ccc4c(c3)n3c5ccccc5c5ccc6c7ccccc7n4c6c53)cc2)cc1. The third-order valence-corrected chi connectivity index (χ3v) is 12.2. The van der Waals surface area contributed by atoms with Crippen LogP contribution in [0.2, 0.25) is 0 Å². The lowest BCUT2D eigenvalue weighted by molar-refractivity contribution is 0.669. The Morgan fingerprint density at radius 3 is 1.66 bits per heavy atom. The Hall–Kier alpha value is -7.82. The fraction of sp³-hybridized carbons (Fsp3) is 0. The maximum absolute atomic E-state index is 6.30. The van der Waals surface area contributed by atoms with Crippen molar-refractivity contribution in [2.24, 2.45) is 0 Å². The van der Waals surface area contributed by atoms with Crippen molar-refractivity contribution < 1.29 is 4.42 Å². The predicted octanol–water partition coefficient (Wildman–Crippen LogP) is 14.9. The van der Waals surface area contributed by atoms with Crippen molar-refractivity contribution in [1.29, 1.82) is 0 Å². The lowest BCUT2D eigenvalue weighted by Gasteiger charge is -2.28. The molecule has 270 valence electrons. The first-order valence-corrected chi connectivity index (χ1v) is 19.8. The number of anilines is 3. The zero-order valence-electron chi connectivity index (χ0n) is 31.3. The van der Waals surface area contributed by atoms with E-state index in [2.05, 4.69) is 202 Å². The second-order valence-electron chi connectivity index (χ2n) is 15.3. The van der Waals surface area contributed by atoms with Crippen LogP contribution in [-0.2, 0) is 0 Å². The molecule has 0 atom stereocenters. The van der Waals surface area contributed by atoms with Crippen LogP contribution in [0.3, 0.4) is 0 Å². The van der Waals surface area contributed by atoms with Crippen molar-refractivity contribution >= 4 is 93.6 Å². The van der Waals surface area contributed by atoms with Crippen LogP contribution in [0, 0.1) is 0 Å². The van der Waals surface area contributed by atoms with Crippen LogP contribution in [0.5, 0.6) is 0 Å². The van der Waals surface area contributed by atoms with Gasteiger partial charge in [0, 0.05) is 49.3 Å². The van der Waals surface area contributed by atoms with E-state index in [0.717, 1.165) is 50.1 Å². The fourth-order valence-electron chi connectivity index (χ4n) is 9.69. The second-order valence-corrected chi connectivity index (χ2v) is 15.3. The Balaban J connectivity index is 1.08. The standard InChI is InChI=1S/C54H33N3O/c1-2-12-34(13-3-1)35-22-25-37(26-23-35)55(38-27-31-52-45(33-38)42-17-7-11-21-51(42)58-52)46-18-8-4-14-39(46)36-24-30-49-50(32-36)57-48-20-10-6-16-41(48)44-29-28-43-40-15-5-9-19-47(40)56(49)53(43)54(44)57/h1-33H. The summed E-state index contributed by atoms with van der Waals surface area (Å²) in [6.07, 6.45) is 0. The van der Waals surface area contributed by atoms with Gasteiger partial charge in [-0.15, -0.1) is 0 Å². The van der Waals surface area contributed by atoms with Crippen LogP contribution in [0.25, 0.3) is 98.8 Å². The third-order valence-electron chi connectivity index (χ3n) is 12.2. The van der Waals surface area contributed by atoms with Crippen molar-refractivity contribution in [3.05, 3.63) is 200 Å². The molecule has 0 fully saturated rings. The minimum atomic E-state index is 0.879. The van der Waals surface area contributed by atoms with E-state index < -0.39 is 0 Å². The molecule has 0 saturated carbocycles. The van der Waals surface area contributed by atoms with Gasteiger partial charge in [0.05, 0.1) is 38.8 Å². The molecule has 0 bridgehead atoms. The Morgan fingerprint density at radius 2 is 0.897 bits per heavy atom. The molecular weight excluding hydrogens is 707 g/mol. The Kier molecular flexibility index (Phi) is 6.41. The average Bonchev–Trinajstić information content (AvgIpc) is 3.95. The van der Waals surface area contributed by atoms with Gasteiger partial charge in [-0.2, -0.15) is 0 Å². The van der Waals surface area contributed by atoms with Gasteiger partial charge in [0.2, 0.25) is 0 Å². The Bertz CT molecular complexity index is 3740. The molecule has 13 rings (SSSR count). The minimum Gasteiger partial charge on any atom is -0.456 e. The van der Waals surface area contributed by atoms with Gasteiger partial charge in [-0.05, 0) is 83.4 Å². The zero-order valence-corrected chi connectivity index (χ0v) is 31.3. The quantitative estimate of drug-likeness (QED) is 0.164. The Labute approximate surface area is 333 Å². The average molecular weight is 740 g/mol. The number of nitrogens with zero attached hydrogens (tertiary/aromatic N) is 3. The highest BCUT2D eigenvalue weighted by Gasteiger charge is 2.23. The molecule has 0 aliphatic rings. The second kappa shape index (κ2) is 11.8. The maximum atomic E-state index is 6.30. The van der Waals surface area contributed by atoms with Gasteiger partial charge in [0.25, 0.3) is 0 Å². The number of rotatable bonds is 5. The molecule has 0 unspecified atom stereocenters. The molecule has 4 aromatic heterocycles. The first kappa shape index (κ1) is 31.4. The normalized spacial score (nSPS) is 12.1. The molecule has 0 spiro atoms. The summed E-state index contributed by atoms with van der Waals surface area (Å²) in [6.45, 7) is 0. The topological polar surface area (TPSA) is 25.2 Å². The molecular formula is C54H33N3O. The van der Waals surface area contributed by atoms with E-state index in [4.69, 9.17) is 4.42 Å². The number of furan rings is 1. The van der Waals surface area contributed by atoms with Crippen LogP contribution in [0.1, 0.15) is 0 Å². The van der Waals surface area contributed by atoms with Crippen LogP contribution < -0.4 is 4.90 Å². The number of aromatic nitrogens is 2. The van der Waals surface area contributed by atoms with Gasteiger partial charge in [-0.3, -0.25) is 0 Å². The van der Waals surface area contributed by atoms with E-state index in [9.17, 15) is 0 Å². The summed E-state index contributed by atoms with van der Waals surface area (Å²) in [5.41, 5.74) is 17.0. The molecule has 0 radical (unpaired) electrons. The van der Waals surface area contributed by atoms with E-state index in [0.29, 0.717) is 0 Å². The van der Waals surface area contributed by atoms with E-state index in [1.165, 1.54) is 65.8 Å². The lowest BCUT2D eigenvalue weighted by atomic mass is 10.00. The highest BCUT2D eigenvalue weighted by molar-refractivity contribution is 6.25. The number of hydrogen-bond donors (Lipinski definition) is 0. The smallest absolute Gasteiger partial charge is 0.135 e. The maximum Gasteiger partial charge on any atom is 0.135 e. The van der Waals surface area contributed by atoms with Crippen LogP contribution >= 0.6 is 0 Å². The minimum absolute atomic E-state index is 0.879. The molecule has 4 heterocycles. The molecule has 0 saturated heterocycles. The fourth-order valence-corrected chi connectivity index (χ4v) is 9.69. The number of para-hydroxylation sites is 4. The number of fused-ring (bicyclic) bond motifs is 12. The van der Waals surface area contributed by atoms with E-state index in [1.54, 1.807) is 0 Å². The molecule has 9 aromatic carbocycles. The van der Waals surface area contributed by atoms with Gasteiger partial charge >= 0.3 is 0 Å². The van der Waals surface area contributed by atoms with Gasteiger partial charge in [0.15, 0.2) is 0 Å². The summed E-state index contributed by atoms with van der Waals surface area (Å²) in [5.74, 6) is 0. The lowest BCUT2D eigenvalue weighted by Crippen LogP contribution is -2.11. The van der Waals surface area contributed by atoms with Crippen molar-refractivity contribution in [3.63, 3.8) is 0 Å². The highest BCUT2D eigenvalue weighted by Crippen LogP contribution is 2.46. The molecule has 4 nitrogen and oxygen atoms in total. The van der Waals surface area contributed by atoms with Crippen LogP contribution in [0.4, 0.5) is 17.1 Å². The van der Waals surface area contributed by atoms with E-state index in [-0.39, 0.29) is 0 Å². The first-order valence-electron chi connectivity index (χ1n) is 19.8. The monoisotopic (exact) mass is 739 g/mol. The van der Waals surface area contributed by atoms with Crippen LogP contribution in [0.15, 0.2) is 205 Å². The highest BCUT2D eigenvalue weighted by atomic mass is 16.3. The summed E-state index contributed by atoms with van der Waals surface area (Å²) < 4.78 is 11.3. The van der Waals surface area contributed by atoms with Gasteiger partial charge in [0.1, 0.15) is 11.2 Å². The molecule has 0 N–H and O–H groups in total. The largest absolute Gasteiger partial charge is 0.456 e. The summed E-state index contributed by atoms with van der Waals surface area (Å²) >= 11 is 0.